The number of thiazole rings is 1. The van der Waals surface area contributed by atoms with Crippen LogP contribution in [0.15, 0.2) is 16.8 Å². The fraction of sp³-hybridized carbons (Fsp3) is 0.286. The Morgan fingerprint density at radius 1 is 1.35 bits per heavy atom. The van der Waals surface area contributed by atoms with Gasteiger partial charge in [0, 0.05) is 18.0 Å². The van der Waals surface area contributed by atoms with E-state index in [0.717, 1.165) is 10.6 Å². The molecule has 0 aliphatic rings. The maximum atomic E-state index is 12.2. The van der Waals surface area contributed by atoms with Gasteiger partial charge < -0.3 is 10.1 Å². The van der Waals surface area contributed by atoms with Gasteiger partial charge in [0.2, 0.25) is 0 Å². The largest absolute Gasteiger partial charge is 0.448 e. The summed E-state index contributed by atoms with van der Waals surface area (Å²) >= 11 is 2.75. The third kappa shape index (κ3) is 4.14. The summed E-state index contributed by atoms with van der Waals surface area (Å²) < 4.78 is 5.10. The van der Waals surface area contributed by atoms with E-state index >= 15 is 0 Å². The Hall–Kier alpha value is -2.26. The molecule has 2 aromatic rings. The highest BCUT2D eigenvalue weighted by atomic mass is 32.1. The molecule has 2 aromatic heterocycles. The van der Waals surface area contributed by atoms with E-state index in [4.69, 9.17) is 4.74 Å². The molecule has 7 nitrogen and oxygen atoms in total. The SMILES string of the molecule is CNC(=O)NC(=O)C(C)OC(=O)c1sc(-c2ccsc2)nc1C. The Bertz CT molecular complexity index is 724. The number of hydrogen-bond donors (Lipinski definition) is 2. The van der Waals surface area contributed by atoms with E-state index in [1.54, 1.807) is 6.92 Å². The zero-order valence-electron chi connectivity index (χ0n) is 12.7. The molecule has 0 aliphatic heterocycles. The molecule has 0 aliphatic carbocycles. The molecule has 9 heteroatoms. The van der Waals surface area contributed by atoms with Crippen LogP contribution in [0, 0.1) is 6.92 Å². The van der Waals surface area contributed by atoms with Gasteiger partial charge in [0.25, 0.3) is 5.91 Å². The second kappa shape index (κ2) is 7.34. The molecule has 0 spiro atoms. The van der Waals surface area contributed by atoms with Crippen LogP contribution in [0.25, 0.3) is 10.6 Å². The molecular weight excluding hydrogens is 338 g/mol. The number of thiophene rings is 1. The number of amides is 3. The Labute approximate surface area is 140 Å². The lowest BCUT2D eigenvalue weighted by Gasteiger charge is -2.12. The molecule has 3 amide bonds. The van der Waals surface area contributed by atoms with Crippen molar-refractivity contribution in [2.45, 2.75) is 20.0 Å². The van der Waals surface area contributed by atoms with Crippen LogP contribution in [0.4, 0.5) is 4.79 Å². The number of hydrogen-bond acceptors (Lipinski definition) is 7. The van der Waals surface area contributed by atoms with Gasteiger partial charge >= 0.3 is 12.0 Å². The fourth-order valence-corrected chi connectivity index (χ4v) is 3.30. The number of ether oxygens (including phenoxy) is 1. The first kappa shape index (κ1) is 17.1. The molecule has 2 heterocycles. The number of urea groups is 1. The molecule has 23 heavy (non-hydrogen) atoms. The van der Waals surface area contributed by atoms with Crippen molar-refractivity contribution < 1.29 is 19.1 Å². The van der Waals surface area contributed by atoms with Crippen molar-refractivity contribution in [2.75, 3.05) is 7.05 Å². The Morgan fingerprint density at radius 2 is 2.09 bits per heavy atom. The van der Waals surface area contributed by atoms with Gasteiger partial charge in [-0.1, -0.05) is 0 Å². The molecule has 2 N–H and O–H groups in total. The van der Waals surface area contributed by atoms with Crippen molar-refractivity contribution in [1.82, 2.24) is 15.6 Å². The van der Waals surface area contributed by atoms with E-state index in [2.05, 4.69) is 15.6 Å². The quantitative estimate of drug-likeness (QED) is 0.821. The van der Waals surface area contributed by atoms with Gasteiger partial charge in [0.15, 0.2) is 6.10 Å². The number of nitrogens with one attached hydrogen (secondary N) is 2. The van der Waals surface area contributed by atoms with Crippen LogP contribution in [-0.2, 0) is 9.53 Å². The van der Waals surface area contributed by atoms with Gasteiger partial charge in [0.1, 0.15) is 9.88 Å². The molecule has 0 radical (unpaired) electrons. The summed E-state index contributed by atoms with van der Waals surface area (Å²) in [4.78, 5) is 39.7. The normalized spacial score (nSPS) is 11.6. The van der Waals surface area contributed by atoms with Gasteiger partial charge in [-0.2, -0.15) is 11.3 Å². The topological polar surface area (TPSA) is 97.4 Å². The summed E-state index contributed by atoms with van der Waals surface area (Å²) in [6.45, 7) is 3.10. The lowest BCUT2D eigenvalue weighted by atomic mass is 10.3. The lowest BCUT2D eigenvalue weighted by Crippen LogP contribution is -2.43. The van der Waals surface area contributed by atoms with Crippen LogP contribution in [0.5, 0.6) is 0 Å². The van der Waals surface area contributed by atoms with Crippen molar-refractivity contribution >= 4 is 40.6 Å². The van der Waals surface area contributed by atoms with Crippen LogP contribution in [0.2, 0.25) is 0 Å². The van der Waals surface area contributed by atoms with E-state index < -0.39 is 24.0 Å². The summed E-state index contributed by atoms with van der Waals surface area (Å²) in [5.74, 6) is -1.33. The van der Waals surface area contributed by atoms with Crippen molar-refractivity contribution in [3.63, 3.8) is 0 Å². The molecule has 122 valence electrons. The predicted octanol–water partition coefficient (Wildman–Crippen LogP) is 2.18. The van der Waals surface area contributed by atoms with Crippen LogP contribution in [0.3, 0.4) is 0 Å². The minimum absolute atomic E-state index is 0.339. The average Bonchev–Trinajstić information content (AvgIpc) is 3.15. The zero-order chi connectivity index (χ0) is 17.0. The monoisotopic (exact) mass is 353 g/mol. The smallest absolute Gasteiger partial charge is 0.351 e. The first-order chi connectivity index (χ1) is 10.9. The Kier molecular flexibility index (Phi) is 5.45. The maximum absolute atomic E-state index is 12.2. The number of esters is 1. The predicted molar refractivity (Wildman–Crippen MR) is 87.6 cm³/mol. The number of rotatable bonds is 4. The zero-order valence-corrected chi connectivity index (χ0v) is 14.3. The number of nitrogens with zero attached hydrogens (tertiary/aromatic N) is 1. The maximum Gasteiger partial charge on any atom is 0.351 e. The van der Waals surface area contributed by atoms with Gasteiger partial charge in [-0.3, -0.25) is 10.1 Å². The Balaban J connectivity index is 2.06. The molecule has 1 unspecified atom stereocenters. The Morgan fingerprint density at radius 3 is 2.70 bits per heavy atom. The van der Waals surface area contributed by atoms with Crippen LogP contribution >= 0.6 is 22.7 Å². The van der Waals surface area contributed by atoms with Gasteiger partial charge in [-0.25, -0.2) is 14.6 Å². The molecule has 2 rings (SSSR count). The minimum atomic E-state index is -1.09. The molecule has 0 aromatic carbocycles. The van der Waals surface area contributed by atoms with E-state index in [9.17, 15) is 14.4 Å². The lowest BCUT2D eigenvalue weighted by molar-refractivity contribution is -0.127. The molecule has 0 saturated carbocycles. The highest BCUT2D eigenvalue weighted by Gasteiger charge is 2.24. The third-order valence-corrected chi connectivity index (χ3v) is 4.74. The number of aromatic nitrogens is 1. The second-order valence-corrected chi connectivity index (χ2v) is 6.34. The first-order valence-corrected chi connectivity index (χ1v) is 8.42. The van der Waals surface area contributed by atoms with E-state index in [1.165, 1.54) is 36.6 Å². The number of carbonyl (C=O) groups is 3. The standard InChI is InChI=1S/C14H15N3O4S2/c1-7-10(23-12(16-7)9-4-5-22-6-9)13(19)21-8(2)11(18)17-14(20)15-3/h4-6,8H,1-3H3,(H2,15,17,18,20). The molecule has 0 saturated heterocycles. The minimum Gasteiger partial charge on any atom is -0.448 e. The van der Waals surface area contributed by atoms with Crippen molar-refractivity contribution in [1.29, 1.82) is 0 Å². The second-order valence-electron chi connectivity index (χ2n) is 4.56. The van der Waals surface area contributed by atoms with Gasteiger partial charge in [-0.15, -0.1) is 11.3 Å². The van der Waals surface area contributed by atoms with E-state index in [-0.39, 0.29) is 0 Å². The van der Waals surface area contributed by atoms with Crippen molar-refractivity contribution in [3.05, 3.63) is 27.4 Å². The highest BCUT2D eigenvalue weighted by Crippen LogP contribution is 2.29. The first-order valence-electron chi connectivity index (χ1n) is 6.66. The fourth-order valence-electron chi connectivity index (χ4n) is 1.64. The number of aryl methyl sites for hydroxylation is 1. The van der Waals surface area contributed by atoms with E-state index in [0.29, 0.717) is 10.6 Å². The molecule has 1 atom stereocenters. The third-order valence-electron chi connectivity index (χ3n) is 2.87. The molecule has 0 fully saturated rings. The van der Waals surface area contributed by atoms with Crippen molar-refractivity contribution in [2.24, 2.45) is 0 Å². The average molecular weight is 353 g/mol. The van der Waals surface area contributed by atoms with Crippen molar-refractivity contribution in [3.8, 4) is 10.6 Å². The number of imide groups is 1. The van der Waals surface area contributed by atoms with Gasteiger partial charge in [0.05, 0.1) is 5.69 Å². The van der Waals surface area contributed by atoms with Crippen LogP contribution in [-0.4, -0.2) is 36.0 Å². The summed E-state index contributed by atoms with van der Waals surface area (Å²) in [6, 6.07) is 1.25. The number of carbonyl (C=O) groups excluding carboxylic acids is 3. The molecular formula is C14H15N3O4S2. The summed E-state index contributed by atoms with van der Waals surface area (Å²) in [7, 11) is 1.38. The highest BCUT2D eigenvalue weighted by molar-refractivity contribution is 7.17. The van der Waals surface area contributed by atoms with E-state index in [1.807, 2.05) is 16.8 Å². The molecule has 0 bridgehead atoms. The van der Waals surface area contributed by atoms with Crippen LogP contribution in [0.1, 0.15) is 22.3 Å². The summed E-state index contributed by atoms with van der Waals surface area (Å²) in [5.41, 5.74) is 1.48. The summed E-state index contributed by atoms with van der Waals surface area (Å²) in [6.07, 6.45) is -1.09. The summed E-state index contributed by atoms with van der Waals surface area (Å²) in [5, 5.41) is 8.88. The van der Waals surface area contributed by atoms with Gasteiger partial charge in [-0.05, 0) is 25.3 Å². The van der Waals surface area contributed by atoms with Crippen LogP contribution < -0.4 is 10.6 Å².